The van der Waals surface area contributed by atoms with E-state index in [1.165, 1.54) is 0 Å². The van der Waals surface area contributed by atoms with Gasteiger partial charge in [-0.25, -0.2) is 0 Å². The number of phenolic OH excluding ortho intramolecular Hbond substituents is 2. The molecule has 0 amide bonds. The van der Waals surface area contributed by atoms with Crippen LogP contribution in [0.4, 0.5) is 0 Å². The number of benzene rings is 2. The zero-order chi connectivity index (χ0) is 11.3. The van der Waals surface area contributed by atoms with Crippen molar-refractivity contribution < 1.29 is 10.2 Å². The van der Waals surface area contributed by atoms with Gasteiger partial charge in [0.25, 0.3) is 0 Å². The molecule has 3 nitrogen and oxygen atoms in total. The van der Waals surface area contributed by atoms with Crippen LogP contribution in [0.15, 0.2) is 30.3 Å². The van der Waals surface area contributed by atoms with E-state index >= 15 is 0 Å². The monoisotopic (exact) mass is 215 g/mol. The number of phenols is 2. The van der Waals surface area contributed by atoms with E-state index in [0.29, 0.717) is 0 Å². The first kappa shape index (κ1) is 9.48. The molecule has 1 fully saturated rings. The van der Waals surface area contributed by atoms with Gasteiger partial charge in [0.2, 0.25) is 0 Å². The first-order valence-corrected chi connectivity index (χ1v) is 5.34. The average molecular weight is 215 g/mol. The van der Waals surface area contributed by atoms with E-state index < -0.39 is 5.54 Å². The summed E-state index contributed by atoms with van der Waals surface area (Å²) in [6.07, 6.45) is 1.77. The molecule has 0 aromatic heterocycles. The molecule has 3 heteroatoms. The minimum atomic E-state index is -0.405. The lowest BCUT2D eigenvalue weighted by atomic mass is 9.96. The van der Waals surface area contributed by atoms with Crippen molar-refractivity contribution >= 4 is 10.8 Å². The molecule has 0 saturated heterocycles. The number of rotatable bonds is 1. The van der Waals surface area contributed by atoms with Crippen LogP contribution >= 0.6 is 0 Å². The van der Waals surface area contributed by atoms with Gasteiger partial charge in [0.15, 0.2) is 0 Å². The highest BCUT2D eigenvalue weighted by atomic mass is 16.3. The van der Waals surface area contributed by atoms with Crippen LogP contribution in [0.2, 0.25) is 0 Å². The second kappa shape index (κ2) is 2.89. The highest BCUT2D eigenvalue weighted by Gasteiger charge is 2.43. The van der Waals surface area contributed by atoms with Gasteiger partial charge in [-0.2, -0.15) is 0 Å². The SMILES string of the molecule is NC1(c2c(O)ccc3ccc(O)cc23)CC1. The fraction of sp³-hybridized carbons (Fsp3) is 0.231. The zero-order valence-electron chi connectivity index (χ0n) is 8.77. The van der Waals surface area contributed by atoms with Crippen LogP contribution < -0.4 is 5.73 Å². The van der Waals surface area contributed by atoms with Crippen molar-refractivity contribution in [1.82, 2.24) is 0 Å². The quantitative estimate of drug-likeness (QED) is 0.683. The van der Waals surface area contributed by atoms with E-state index in [4.69, 9.17) is 5.73 Å². The maximum absolute atomic E-state index is 9.91. The van der Waals surface area contributed by atoms with Gasteiger partial charge in [0, 0.05) is 11.1 Å². The Morgan fingerprint density at radius 3 is 2.44 bits per heavy atom. The summed E-state index contributed by atoms with van der Waals surface area (Å²) in [7, 11) is 0. The van der Waals surface area contributed by atoms with Gasteiger partial charge in [-0.1, -0.05) is 12.1 Å². The summed E-state index contributed by atoms with van der Waals surface area (Å²) >= 11 is 0. The van der Waals surface area contributed by atoms with Gasteiger partial charge in [0.1, 0.15) is 11.5 Å². The molecule has 1 saturated carbocycles. The molecule has 4 N–H and O–H groups in total. The summed E-state index contributed by atoms with van der Waals surface area (Å²) in [4.78, 5) is 0. The van der Waals surface area contributed by atoms with Crippen LogP contribution in [0.5, 0.6) is 11.5 Å². The van der Waals surface area contributed by atoms with Crippen molar-refractivity contribution in [3.05, 3.63) is 35.9 Å². The maximum atomic E-state index is 9.91. The molecule has 1 aliphatic rings. The third kappa shape index (κ3) is 1.25. The first-order chi connectivity index (χ1) is 7.60. The van der Waals surface area contributed by atoms with Gasteiger partial charge in [-0.05, 0) is 41.8 Å². The molecule has 0 bridgehead atoms. The average Bonchev–Trinajstić information content (AvgIpc) is 2.96. The van der Waals surface area contributed by atoms with Gasteiger partial charge in [-0.3, -0.25) is 0 Å². The number of hydrogen-bond acceptors (Lipinski definition) is 3. The summed E-state index contributed by atoms with van der Waals surface area (Å²) in [5.74, 6) is 0.418. The molecule has 0 atom stereocenters. The molecular formula is C13H13NO2. The number of fused-ring (bicyclic) bond motifs is 1. The number of aromatic hydroxyl groups is 2. The third-order valence-corrected chi connectivity index (χ3v) is 3.27. The predicted molar refractivity (Wildman–Crippen MR) is 62.4 cm³/mol. The second-order valence-electron chi connectivity index (χ2n) is 4.52. The van der Waals surface area contributed by atoms with Crippen LogP contribution in [-0.2, 0) is 5.54 Å². The maximum Gasteiger partial charge on any atom is 0.121 e. The van der Waals surface area contributed by atoms with Crippen LogP contribution in [0.25, 0.3) is 10.8 Å². The Morgan fingerprint density at radius 1 is 1.06 bits per heavy atom. The molecule has 0 spiro atoms. The van der Waals surface area contributed by atoms with Crippen molar-refractivity contribution in [2.45, 2.75) is 18.4 Å². The standard InChI is InChI=1S/C13H13NO2/c14-13(5-6-13)12-10-7-9(15)3-1-8(10)2-4-11(12)16/h1-4,7,15-16H,5-6,14H2. The zero-order valence-corrected chi connectivity index (χ0v) is 8.77. The Balaban J connectivity index is 2.39. The van der Waals surface area contributed by atoms with Crippen molar-refractivity contribution in [3.63, 3.8) is 0 Å². The molecule has 82 valence electrons. The van der Waals surface area contributed by atoms with Gasteiger partial charge in [-0.15, -0.1) is 0 Å². The predicted octanol–water partition coefficient (Wildman–Crippen LogP) is 2.20. The van der Waals surface area contributed by atoms with Gasteiger partial charge >= 0.3 is 0 Å². The Bertz CT molecular complexity index is 568. The van der Waals surface area contributed by atoms with Crippen LogP contribution in [0.3, 0.4) is 0 Å². The van der Waals surface area contributed by atoms with E-state index in [0.717, 1.165) is 29.2 Å². The molecule has 0 heterocycles. The van der Waals surface area contributed by atoms with Crippen LogP contribution in [-0.4, -0.2) is 10.2 Å². The minimum Gasteiger partial charge on any atom is -0.508 e. The number of nitrogens with two attached hydrogens (primary N) is 1. The van der Waals surface area contributed by atoms with Gasteiger partial charge in [0.05, 0.1) is 0 Å². The highest BCUT2D eigenvalue weighted by molar-refractivity contribution is 5.90. The van der Waals surface area contributed by atoms with Crippen molar-refractivity contribution in [1.29, 1.82) is 0 Å². The molecule has 0 unspecified atom stereocenters. The van der Waals surface area contributed by atoms with Gasteiger partial charge < -0.3 is 15.9 Å². The Labute approximate surface area is 93.1 Å². The van der Waals surface area contributed by atoms with E-state index in [-0.39, 0.29) is 11.5 Å². The third-order valence-electron chi connectivity index (χ3n) is 3.27. The highest BCUT2D eigenvalue weighted by Crippen LogP contribution is 2.49. The molecule has 16 heavy (non-hydrogen) atoms. The molecular weight excluding hydrogens is 202 g/mol. The van der Waals surface area contributed by atoms with Crippen molar-refractivity contribution in [2.75, 3.05) is 0 Å². The van der Waals surface area contributed by atoms with E-state index in [2.05, 4.69) is 0 Å². The molecule has 0 radical (unpaired) electrons. The lowest BCUT2D eigenvalue weighted by Gasteiger charge is -2.15. The largest absolute Gasteiger partial charge is 0.508 e. The fourth-order valence-electron chi connectivity index (χ4n) is 2.20. The van der Waals surface area contributed by atoms with Crippen LogP contribution in [0, 0.1) is 0 Å². The van der Waals surface area contributed by atoms with Crippen molar-refractivity contribution in [2.24, 2.45) is 5.73 Å². The molecule has 3 rings (SSSR count). The number of hydrogen-bond donors (Lipinski definition) is 3. The van der Waals surface area contributed by atoms with E-state index in [9.17, 15) is 10.2 Å². The Hall–Kier alpha value is -1.74. The van der Waals surface area contributed by atoms with Crippen LogP contribution in [0.1, 0.15) is 18.4 Å². The first-order valence-electron chi connectivity index (χ1n) is 5.34. The summed E-state index contributed by atoms with van der Waals surface area (Å²) in [5.41, 5.74) is 6.50. The van der Waals surface area contributed by atoms with Crippen molar-refractivity contribution in [3.8, 4) is 11.5 Å². The molecule has 2 aromatic carbocycles. The summed E-state index contributed by atoms with van der Waals surface area (Å²) < 4.78 is 0. The fourth-order valence-corrected chi connectivity index (χ4v) is 2.20. The lowest BCUT2D eigenvalue weighted by molar-refractivity contribution is 0.461. The Morgan fingerprint density at radius 2 is 1.75 bits per heavy atom. The smallest absolute Gasteiger partial charge is 0.121 e. The molecule has 2 aromatic rings. The Kier molecular flexibility index (Phi) is 1.71. The van der Waals surface area contributed by atoms with E-state index in [1.807, 2.05) is 12.1 Å². The molecule has 1 aliphatic carbocycles. The topological polar surface area (TPSA) is 66.5 Å². The summed E-state index contributed by atoms with van der Waals surface area (Å²) in [6, 6.07) is 8.64. The summed E-state index contributed by atoms with van der Waals surface area (Å²) in [6.45, 7) is 0. The minimum absolute atomic E-state index is 0.198. The second-order valence-corrected chi connectivity index (χ2v) is 4.52. The van der Waals surface area contributed by atoms with E-state index in [1.54, 1.807) is 18.2 Å². The normalized spacial score (nSPS) is 17.6. The molecule has 0 aliphatic heterocycles. The lowest BCUT2D eigenvalue weighted by Crippen LogP contribution is -2.19. The summed E-state index contributed by atoms with van der Waals surface area (Å²) in [5, 5.41) is 21.3.